The summed E-state index contributed by atoms with van der Waals surface area (Å²) in [4.78, 5) is 24.9. The van der Waals surface area contributed by atoms with E-state index in [9.17, 15) is 9.59 Å². The van der Waals surface area contributed by atoms with Gasteiger partial charge in [-0.15, -0.1) is 0 Å². The number of aldehydes is 1. The van der Waals surface area contributed by atoms with E-state index in [-0.39, 0.29) is 12.2 Å². The molecule has 0 aromatic heterocycles. The smallest absolute Gasteiger partial charge is 0.415 e. The Labute approximate surface area is 140 Å². The van der Waals surface area contributed by atoms with E-state index in [0.717, 1.165) is 6.29 Å². The number of carbonyl (C=O) groups is 2. The van der Waals surface area contributed by atoms with Gasteiger partial charge in [0.2, 0.25) is 0 Å². The average molecular weight is 325 g/mol. The van der Waals surface area contributed by atoms with Crippen LogP contribution < -0.4 is 9.47 Å². The van der Waals surface area contributed by atoms with Gasteiger partial charge in [-0.25, -0.2) is 4.79 Å². The lowest BCUT2D eigenvalue weighted by atomic mass is 10.1. The zero-order valence-electron chi connectivity index (χ0n) is 13.3. The summed E-state index contributed by atoms with van der Waals surface area (Å²) >= 11 is 0. The number of para-hydroxylation sites is 2. The lowest BCUT2D eigenvalue weighted by Crippen LogP contribution is -2.43. The third-order valence-electron chi connectivity index (χ3n) is 3.99. The normalized spacial score (nSPS) is 14.9. The predicted octanol–water partition coefficient (Wildman–Crippen LogP) is 3.54. The van der Waals surface area contributed by atoms with Crippen molar-refractivity contribution in [1.82, 2.24) is 4.90 Å². The van der Waals surface area contributed by atoms with Crippen LogP contribution in [-0.4, -0.2) is 36.5 Å². The van der Waals surface area contributed by atoms with Gasteiger partial charge >= 0.3 is 6.09 Å². The summed E-state index contributed by atoms with van der Waals surface area (Å²) in [6.07, 6.45) is 1.86. The molecule has 2 aromatic carbocycles. The molecule has 1 heterocycles. The fraction of sp³-hybridized carbons (Fsp3) is 0.263. The monoisotopic (exact) mass is 325 g/mol. The van der Waals surface area contributed by atoms with Crippen LogP contribution in [0.1, 0.15) is 23.2 Å². The maximum atomic E-state index is 12.1. The first-order chi connectivity index (χ1) is 11.8. The molecule has 1 saturated heterocycles. The molecule has 2 aromatic rings. The molecule has 0 N–H and O–H groups in total. The summed E-state index contributed by atoms with van der Waals surface area (Å²) in [5, 5.41) is 0. The van der Waals surface area contributed by atoms with Gasteiger partial charge in [0, 0.05) is 25.9 Å². The van der Waals surface area contributed by atoms with Gasteiger partial charge in [0.1, 0.15) is 17.6 Å². The molecule has 1 fully saturated rings. The van der Waals surface area contributed by atoms with E-state index < -0.39 is 0 Å². The van der Waals surface area contributed by atoms with Crippen molar-refractivity contribution in [2.45, 2.75) is 18.9 Å². The molecule has 0 unspecified atom stereocenters. The minimum Gasteiger partial charge on any atom is -0.490 e. The summed E-state index contributed by atoms with van der Waals surface area (Å²) in [5.41, 5.74) is 0.545. The molecule has 0 saturated carbocycles. The van der Waals surface area contributed by atoms with E-state index >= 15 is 0 Å². The van der Waals surface area contributed by atoms with E-state index in [2.05, 4.69) is 0 Å². The largest absolute Gasteiger partial charge is 0.490 e. The highest BCUT2D eigenvalue weighted by Crippen LogP contribution is 2.22. The van der Waals surface area contributed by atoms with Gasteiger partial charge in [-0.1, -0.05) is 30.3 Å². The van der Waals surface area contributed by atoms with Crippen molar-refractivity contribution < 1.29 is 19.1 Å². The number of piperidine rings is 1. The minimum atomic E-state index is -0.340. The quantitative estimate of drug-likeness (QED) is 0.807. The van der Waals surface area contributed by atoms with Gasteiger partial charge in [-0.05, 0) is 24.3 Å². The van der Waals surface area contributed by atoms with Crippen molar-refractivity contribution >= 4 is 12.4 Å². The molecule has 124 valence electrons. The Kier molecular flexibility index (Phi) is 5.11. The van der Waals surface area contributed by atoms with Crippen molar-refractivity contribution in [2.24, 2.45) is 0 Å². The highest BCUT2D eigenvalue weighted by molar-refractivity contribution is 5.79. The van der Waals surface area contributed by atoms with Gasteiger partial charge in [0.25, 0.3) is 0 Å². The molecule has 5 nitrogen and oxygen atoms in total. The van der Waals surface area contributed by atoms with E-state index in [1.807, 2.05) is 24.3 Å². The van der Waals surface area contributed by atoms with E-state index in [0.29, 0.717) is 43.0 Å². The second kappa shape index (κ2) is 7.64. The zero-order valence-corrected chi connectivity index (χ0v) is 13.3. The molecular weight excluding hydrogens is 306 g/mol. The first-order valence-corrected chi connectivity index (χ1v) is 7.99. The summed E-state index contributed by atoms with van der Waals surface area (Å²) in [7, 11) is 0. The molecule has 1 aliphatic rings. The Balaban J connectivity index is 1.52. The third-order valence-corrected chi connectivity index (χ3v) is 3.99. The number of likely N-dealkylation sites (tertiary alicyclic amines) is 1. The lowest BCUT2D eigenvalue weighted by Gasteiger charge is -2.31. The maximum Gasteiger partial charge on any atom is 0.415 e. The molecular formula is C19H19NO4. The van der Waals surface area contributed by atoms with Crippen molar-refractivity contribution in [3.63, 3.8) is 0 Å². The van der Waals surface area contributed by atoms with Crippen LogP contribution in [0.15, 0.2) is 54.6 Å². The fourth-order valence-corrected chi connectivity index (χ4v) is 2.67. The average Bonchev–Trinajstić information content (AvgIpc) is 2.63. The number of nitrogens with zero attached hydrogens (tertiary/aromatic N) is 1. The first-order valence-electron chi connectivity index (χ1n) is 7.99. The molecule has 5 heteroatoms. The van der Waals surface area contributed by atoms with Gasteiger partial charge in [-0.2, -0.15) is 0 Å². The molecule has 24 heavy (non-hydrogen) atoms. The molecule has 0 bridgehead atoms. The molecule has 1 aliphatic heterocycles. The summed E-state index contributed by atoms with van der Waals surface area (Å²) in [6.45, 7) is 1.14. The topological polar surface area (TPSA) is 55.8 Å². The molecule has 0 aliphatic carbocycles. The highest BCUT2D eigenvalue weighted by atomic mass is 16.6. The van der Waals surface area contributed by atoms with Crippen LogP contribution >= 0.6 is 0 Å². The van der Waals surface area contributed by atoms with Crippen molar-refractivity contribution in [2.75, 3.05) is 13.1 Å². The lowest BCUT2D eigenvalue weighted by molar-refractivity contribution is 0.0920. The third kappa shape index (κ3) is 3.93. The number of benzene rings is 2. The van der Waals surface area contributed by atoms with Crippen molar-refractivity contribution in [3.05, 3.63) is 60.2 Å². The Morgan fingerprint density at radius 1 is 1.00 bits per heavy atom. The van der Waals surface area contributed by atoms with E-state index in [1.165, 1.54) is 0 Å². The Bertz CT molecular complexity index is 694. The van der Waals surface area contributed by atoms with E-state index in [1.54, 1.807) is 35.2 Å². The number of carbonyl (C=O) groups excluding carboxylic acids is 2. The highest BCUT2D eigenvalue weighted by Gasteiger charge is 2.25. The van der Waals surface area contributed by atoms with Gasteiger partial charge in [0.05, 0.1) is 5.56 Å². The number of ether oxygens (including phenoxy) is 2. The number of hydrogen-bond acceptors (Lipinski definition) is 4. The van der Waals surface area contributed by atoms with E-state index in [4.69, 9.17) is 9.47 Å². The van der Waals surface area contributed by atoms with Crippen LogP contribution in [0.2, 0.25) is 0 Å². The molecule has 0 atom stereocenters. The van der Waals surface area contributed by atoms with Gasteiger partial charge in [-0.3, -0.25) is 4.79 Å². The molecule has 1 amide bonds. The Morgan fingerprint density at radius 2 is 1.67 bits per heavy atom. The second-order valence-electron chi connectivity index (χ2n) is 5.64. The van der Waals surface area contributed by atoms with Crippen LogP contribution in [0.5, 0.6) is 11.5 Å². The van der Waals surface area contributed by atoms with Crippen molar-refractivity contribution in [3.8, 4) is 11.5 Å². The predicted molar refractivity (Wildman–Crippen MR) is 89.5 cm³/mol. The van der Waals surface area contributed by atoms with Crippen LogP contribution in [0, 0.1) is 0 Å². The summed E-state index contributed by atoms with van der Waals surface area (Å²) < 4.78 is 11.3. The number of amides is 1. The first kappa shape index (κ1) is 16.1. The standard InChI is InChI=1S/C19H19NO4/c21-14-15-6-4-5-9-18(15)23-17-10-12-20(13-11-17)19(22)24-16-7-2-1-3-8-16/h1-9,14,17H,10-13H2. The Morgan fingerprint density at radius 3 is 2.38 bits per heavy atom. The SMILES string of the molecule is O=Cc1ccccc1OC1CCN(C(=O)Oc2ccccc2)CC1. The fourth-order valence-electron chi connectivity index (χ4n) is 2.67. The van der Waals surface area contributed by atoms with Crippen LogP contribution in [-0.2, 0) is 0 Å². The summed E-state index contributed by atoms with van der Waals surface area (Å²) in [6, 6.07) is 16.2. The molecule has 0 radical (unpaired) electrons. The van der Waals surface area contributed by atoms with Gasteiger partial charge in [0.15, 0.2) is 6.29 Å². The molecule has 3 rings (SSSR count). The second-order valence-corrected chi connectivity index (χ2v) is 5.64. The molecule has 0 spiro atoms. The van der Waals surface area contributed by atoms with Crippen LogP contribution in [0.3, 0.4) is 0 Å². The van der Waals surface area contributed by atoms with Crippen molar-refractivity contribution in [1.29, 1.82) is 0 Å². The van der Waals surface area contributed by atoms with Gasteiger partial charge < -0.3 is 14.4 Å². The minimum absolute atomic E-state index is 0.00752. The number of rotatable bonds is 4. The summed E-state index contributed by atoms with van der Waals surface area (Å²) in [5.74, 6) is 1.14. The Hall–Kier alpha value is -2.82. The maximum absolute atomic E-state index is 12.1. The number of hydrogen-bond donors (Lipinski definition) is 0. The van der Waals surface area contributed by atoms with Crippen LogP contribution in [0.4, 0.5) is 4.79 Å². The zero-order chi connectivity index (χ0) is 16.8. The van der Waals surface area contributed by atoms with Crippen LogP contribution in [0.25, 0.3) is 0 Å².